The molecule has 7 heteroatoms. The third kappa shape index (κ3) is 4.55. The molecule has 0 aromatic heterocycles. The minimum Gasteiger partial charge on any atom is -0.480 e. The number of hydrogen-bond donors (Lipinski definition) is 2. The molecule has 1 saturated heterocycles. The maximum atomic E-state index is 13.1. The van der Waals surface area contributed by atoms with Crippen molar-refractivity contribution in [1.82, 2.24) is 10.2 Å². The number of likely N-dealkylation sites (tertiary alicyclic amines) is 1. The lowest BCUT2D eigenvalue weighted by molar-refractivity contribution is -0.152. The fraction of sp³-hybridized carbons (Fsp3) is 0.842. The summed E-state index contributed by atoms with van der Waals surface area (Å²) in [5.74, 6) is -1.24. The average molecular weight is 368 g/mol. The first-order valence-corrected chi connectivity index (χ1v) is 9.88. The molecule has 26 heavy (non-hydrogen) atoms. The predicted octanol–water partition coefficient (Wildman–Crippen LogP) is 1.94. The third-order valence-corrected chi connectivity index (χ3v) is 5.60. The largest absolute Gasteiger partial charge is 0.480 e. The predicted molar refractivity (Wildman–Crippen MR) is 96.6 cm³/mol. The van der Waals surface area contributed by atoms with Crippen LogP contribution in [0.25, 0.3) is 0 Å². The number of aliphatic carboxylic acids is 1. The van der Waals surface area contributed by atoms with Crippen molar-refractivity contribution in [3.05, 3.63) is 0 Å². The second-order valence-corrected chi connectivity index (χ2v) is 7.43. The van der Waals surface area contributed by atoms with E-state index in [0.29, 0.717) is 19.4 Å². The molecule has 2 aliphatic rings. The Hall–Kier alpha value is -1.63. The molecule has 7 nitrogen and oxygen atoms in total. The third-order valence-electron chi connectivity index (χ3n) is 5.60. The maximum absolute atomic E-state index is 13.1. The van der Waals surface area contributed by atoms with E-state index in [1.54, 1.807) is 18.7 Å². The summed E-state index contributed by atoms with van der Waals surface area (Å²) in [7, 11) is 0. The summed E-state index contributed by atoms with van der Waals surface area (Å²) in [6.45, 7) is 5.72. The second kappa shape index (κ2) is 9.35. The van der Waals surface area contributed by atoms with Gasteiger partial charge in [0.15, 0.2) is 0 Å². The van der Waals surface area contributed by atoms with Gasteiger partial charge < -0.3 is 14.7 Å². The molecule has 0 bridgehead atoms. The normalized spacial score (nSPS) is 27.5. The van der Waals surface area contributed by atoms with Crippen molar-refractivity contribution in [2.24, 2.45) is 5.92 Å². The van der Waals surface area contributed by atoms with Gasteiger partial charge in [-0.25, -0.2) is 4.79 Å². The van der Waals surface area contributed by atoms with Crippen molar-refractivity contribution in [2.45, 2.75) is 89.9 Å². The van der Waals surface area contributed by atoms with E-state index < -0.39 is 24.1 Å². The first-order valence-electron chi connectivity index (χ1n) is 9.88. The Labute approximate surface area is 155 Å². The molecular weight excluding hydrogens is 336 g/mol. The minimum absolute atomic E-state index is 0.00817. The van der Waals surface area contributed by atoms with Crippen LogP contribution >= 0.6 is 0 Å². The molecule has 1 amide bonds. The Bertz CT molecular complexity index is 524. The van der Waals surface area contributed by atoms with Crippen molar-refractivity contribution < 1.29 is 24.2 Å². The van der Waals surface area contributed by atoms with Gasteiger partial charge in [-0.2, -0.15) is 0 Å². The minimum atomic E-state index is -0.935. The monoisotopic (exact) mass is 368 g/mol. The Balaban J connectivity index is 2.10. The molecule has 0 aromatic rings. The molecule has 1 saturated carbocycles. The molecule has 1 aliphatic heterocycles. The highest BCUT2D eigenvalue weighted by molar-refractivity contribution is 5.88. The van der Waals surface area contributed by atoms with E-state index in [4.69, 9.17) is 4.74 Å². The van der Waals surface area contributed by atoms with Crippen molar-refractivity contribution in [1.29, 1.82) is 0 Å². The van der Waals surface area contributed by atoms with Gasteiger partial charge in [0.1, 0.15) is 12.1 Å². The average Bonchev–Trinajstić information content (AvgIpc) is 3.00. The summed E-state index contributed by atoms with van der Waals surface area (Å²) in [4.78, 5) is 38.5. The fourth-order valence-corrected chi connectivity index (χ4v) is 4.39. The van der Waals surface area contributed by atoms with Crippen molar-refractivity contribution in [3.63, 3.8) is 0 Å². The highest BCUT2D eigenvalue weighted by atomic mass is 16.5. The highest BCUT2D eigenvalue weighted by Gasteiger charge is 2.48. The van der Waals surface area contributed by atoms with Crippen LogP contribution in [0.1, 0.15) is 65.7 Å². The number of carbonyl (C=O) groups is 3. The fourth-order valence-electron chi connectivity index (χ4n) is 4.39. The number of nitrogens with zero attached hydrogens (tertiary/aromatic N) is 1. The van der Waals surface area contributed by atoms with Gasteiger partial charge in [0, 0.05) is 6.04 Å². The standard InChI is InChI=1S/C19H32N2O5/c1-4-8-14(19(25)26-5-2)20-12(3)17(22)21-15-10-7-6-9-13(15)11-16(21)18(23)24/h12-16,20H,4-11H2,1-3H3,(H,23,24)/t12-,13-,14-,15-,16-/m1/s1. The Kier molecular flexibility index (Phi) is 7.43. The van der Waals surface area contributed by atoms with E-state index in [1.165, 1.54) is 0 Å². The number of rotatable bonds is 8. The van der Waals surface area contributed by atoms with Crippen molar-refractivity contribution >= 4 is 17.8 Å². The van der Waals surface area contributed by atoms with Gasteiger partial charge in [-0.05, 0) is 45.4 Å². The number of carbonyl (C=O) groups excluding carboxylic acids is 2. The van der Waals surface area contributed by atoms with E-state index in [-0.39, 0.29) is 23.8 Å². The molecule has 5 atom stereocenters. The van der Waals surface area contributed by atoms with Gasteiger partial charge in [-0.15, -0.1) is 0 Å². The maximum Gasteiger partial charge on any atom is 0.326 e. The molecule has 0 spiro atoms. The number of carboxylic acid groups (broad SMARTS) is 1. The van der Waals surface area contributed by atoms with Crippen LogP contribution in [0, 0.1) is 5.92 Å². The number of carboxylic acids is 1. The quantitative estimate of drug-likeness (QED) is 0.636. The van der Waals surface area contributed by atoms with Crippen LogP contribution in [-0.4, -0.2) is 58.6 Å². The van der Waals surface area contributed by atoms with E-state index in [2.05, 4.69) is 5.32 Å². The molecule has 2 rings (SSSR count). The molecular formula is C19H32N2O5. The number of amides is 1. The van der Waals surface area contributed by atoms with Crippen molar-refractivity contribution in [2.75, 3.05) is 6.61 Å². The summed E-state index contributed by atoms with van der Waals surface area (Å²) in [6.07, 6.45) is 5.87. The molecule has 0 radical (unpaired) electrons. The number of hydrogen-bond acceptors (Lipinski definition) is 5. The first-order chi connectivity index (χ1) is 12.4. The van der Waals surface area contributed by atoms with Crippen LogP contribution in [0.15, 0.2) is 0 Å². The number of esters is 1. The molecule has 2 N–H and O–H groups in total. The van der Waals surface area contributed by atoms with Crippen LogP contribution in [0.4, 0.5) is 0 Å². The molecule has 0 unspecified atom stereocenters. The summed E-state index contributed by atoms with van der Waals surface area (Å²) >= 11 is 0. The lowest BCUT2D eigenvalue weighted by Gasteiger charge is -2.35. The van der Waals surface area contributed by atoms with Gasteiger partial charge in [0.2, 0.25) is 5.91 Å². The number of ether oxygens (including phenoxy) is 1. The van der Waals surface area contributed by atoms with Crippen LogP contribution in [0.5, 0.6) is 0 Å². The number of nitrogens with one attached hydrogen (secondary N) is 1. The molecule has 1 heterocycles. The van der Waals surface area contributed by atoms with Crippen LogP contribution in [0.3, 0.4) is 0 Å². The van der Waals surface area contributed by atoms with E-state index in [1.807, 2.05) is 6.92 Å². The van der Waals surface area contributed by atoms with Gasteiger partial charge >= 0.3 is 11.9 Å². The van der Waals surface area contributed by atoms with Gasteiger partial charge in [-0.3, -0.25) is 14.9 Å². The second-order valence-electron chi connectivity index (χ2n) is 7.43. The zero-order chi connectivity index (χ0) is 19.3. The number of fused-ring (bicyclic) bond motifs is 1. The highest BCUT2D eigenvalue weighted by Crippen LogP contribution is 2.40. The van der Waals surface area contributed by atoms with E-state index in [9.17, 15) is 19.5 Å². The first kappa shape index (κ1) is 20.7. The van der Waals surface area contributed by atoms with Crippen molar-refractivity contribution in [3.8, 4) is 0 Å². The van der Waals surface area contributed by atoms with Gasteiger partial charge in [0.25, 0.3) is 0 Å². The summed E-state index contributed by atoms with van der Waals surface area (Å²) < 4.78 is 5.09. The topological polar surface area (TPSA) is 95.9 Å². The lowest BCUT2D eigenvalue weighted by Crippen LogP contribution is -2.55. The zero-order valence-corrected chi connectivity index (χ0v) is 16.1. The molecule has 0 aromatic carbocycles. The molecule has 1 aliphatic carbocycles. The Morgan fingerprint density at radius 3 is 2.54 bits per heavy atom. The van der Waals surface area contributed by atoms with Crippen LogP contribution < -0.4 is 5.32 Å². The smallest absolute Gasteiger partial charge is 0.326 e. The Morgan fingerprint density at radius 1 is 1.23 bits per heavy atom. The summed E-state index contributed by atoms with van der Waals surface area (Å²) in [5.41, 5.74) is 0. The van der Waals surface area contributed by atoms with Gasteiger partial charge in [-0.1, -0.05) is 26.2 Å². The van der Waals surface area contributed by atoms with E-state index in [0.717, 1.165) is 32.1 Å². The summed E-state index contributed by atoms with van der Waals surface area (Å²) in [5, 5.41) is 12.7. The SMILES string of the molecule is CCC[C@@H](N[C@H](C)C(=O)N1[C@@H](C(=O)O)C[C@H]2CCCC[C@H]21)C(=O)OCC. The van der Waals surface area contributed by atoms with Gasteiger partial charge in [0.05, 0.1) is 12.6 Å². The van der Waals surface area contributed by atoms with E-state index >= 15 is 0 Å². The Morgan fingerprint density at radius 2 is 1.92 bits per heavy atom. The van der Waals surface area contributed by atoms with Crippen LogP contribution in [-0.2, 0) is 19.1 Å². The zero-order valence-electron chi connectivity index (χ0n) is 16.1. The van der Waals surface area contributed by atoms with Crippen LogP contribution in [0.2, 0.25) is 0 Å². The lowest BCUT2D eigenvalue weighted by atomic mass is 9.84. The molecule has 2 fully saturated rings. The summed E-state index contributed by atoms with van der Waals surface area (Å²) in [6, 6.07) is -1.92. The molecule has 148 valence electrons.